The molecule has 0 aliphatic carbocycles. The Morgan fingerprint density at radius 2 is 1.59 bits per heavy atom. The lowest BCUT2D eigenvalue weighted by atomic mass is 9.99. The summed E-state index contributed by atoms with van der Waals surface area (Å²) < 4.78 is 9.72. The largest absolute Gasteiger partial charge is 0.388 e. The van der Waals surface area contributed by atoms with E-state index in [1.54, 1.807) is 0 Å². The van der Waals surface area contributed by atoms with Crippen molar-refractivity contribution >= 4 is 0 Å². The standard InChI is InChI=1S/C7H11N3O12/c1-18-7-6(22-10(16)17)4(11)5(21-9(14)15)3(20-7)2-19-8(12)13/h3-7,11H,2H2,1H3/t3-,4+,5-,6-,7-/m1/s1. The van der Waals surface area contributed by atoms with Crippen LogP contribution in [0, 0.1) is 30.3 Å². The van der Waals surface area contributed by atoms with Gasteiger partial charge in [-0.3, -0.25) is 0 Å². The van der Waals surface area contributed by atoms with E-state index in [4.69, 9.17) is 9.47 Å². The first-order chi connectivity index (χ1) is 10.3. The summed E-state index contributed by atoms with van der Waals surface area (Å²) in [5.41, 5.74) is 0. The van der Waals surface area contributed by atoms with Gasteiger partial charge in [-0.25, -0.2) is 0 Å². The summed E-state index contributed by atoms with van der Waals surface area (Å²) in [4.78, 5) is 43.2. The van der Waals surface area contributed by atoms with Crippen molar-refractivity contribution in [3.63, 3.8) is 0 Å². The minimum atomic E-state index is -1.95. The number of nitrogens with zero attached hydrogens (tertiary/aromatic N) is 3. The highest BCUT2D eigenvalue weighted by Crippen LogP contribution is 2.26. The van der Waals surface area contributed by atoms with Crippen molar-refractivity contribution in [1.82, 2.24) is 0 Å². The summed E-state index contributed by atoms with van der Waals surface area (Å²) in [6.07, 6.45) is -8.59. The number of ether oxygens (including phenoxy) is 2. The van der Waals surface area contributed by atoms with Gasteiger partial charge in [-0.15, -0.1) is 30.3 Å². The Morgan fingerprint density at radius 1 is 1.05 bits per heavy atom. The molecule has 0 aromatic heterocycles. The maximum absolute atomic E-state index is 10.4. The molecule has 15 nitrogen and oxygen atoms in total. The van der Waals surface area contributed by atoms with Crippen LogP contribution in [-0.2, 0) is 24.0 Å². The third-order valence-electron chi connectivity index (χ3n) is 2.61. The van der Waals surface area contributed by atoms with Crippen LogP contribution in [0.3, 0.4) is 0 Å². The molecule has 5 atom stereocenters. The van der Waals surface area contributed by atoms with Crippen LogP contribution in [0.25, 0.3) is 0 Å². The van der Waals surface area contributed by atoms with Crippen LogP contribution in [0.15, 0.2) is 0 Å². The number of hydrogen-bond donors (Lipinski definition) is 1. The highest BCUT2D eigenvalue weighted by atomic mass is 17.0. The maximum Gasteiger partial charge on any atom is 0.295 e. The van der Waals surface area contributed by atoms with Gasteiger partial charge in [-0.1, -0.05) is 0 Å². The van der Waals surface area contributed by atoms with Crippen LogP contribution in [0.1, 0.15) is 0 Å². The monoisotopic (exact) mass is 329 g/mol. The first-order valence-corrected chi connectivity index (χ1v) is 5.52. The Kier molecular flexibility index (Phi) is 5.96. The average molecular weight is 329 g/mol. The average Bonchev–Trinajstić information content (AvgIpc) is 2.41. The van der Waals surface area contributed by atoms with Crippen LogP contribution in [0.5, 0.6) is 0 Å². The van der Waals surface area contributed by atoms with Crippen LogP contribution >= 0.6 is 0 Å². The molecule has 1 N–H and O–H groups in total. The van der Waals surface area contributed by atoms with E-state index in [1.165, 1.54) is 0 Å². The van der Waals surface area contributed by atoms with Crippen molar-refractivity contribution < 1.29 is 44.4 Å². The normalized spacial score (nSPS) is 31.1. The van der Waals surface area contributed by atoms with Crippen molar-refractivity contribution in [2.24, 2.45) is 0 Å². The molecule has 1 aliphatic heterocycles. The molecule has 0 amide bonds. The van der Waals surface area contributed by atoms with Gasteiger partial charge in [0.15, 0.2) is 18.5 Å². The third kappa shape index (κ3) is 4.50. The second-order valence-electron chi connectivity index (χ2n) is 3.88. The fourth-order valence-corrected chi connectivity index (χ4v) is 1.79. The molecule has 0 aromatic rings. The molecule has 0 radical (unpaired) electrons. The fourth-order valence-electron chi connectivity index (χ4n) is 1.79. The van der Waals surface area contributed by atoms with E-state index in [0.717, 1.165) is 7.11 Å². The lowest BCUT2D eigenvalue weighted by Gasteiger charge is -2.41. The highest BCUT2D eigenvalue weighted by molar-refractivity contribution is 4.90. The summed E-state index contributed by atoms with van der Waals surface area (Å²) in [7, 11) is 1.05. The smallest absolute Gasteiger partial charge is 0.295 e. The van der Waals surface area contributed by atoms with E-state index < -0.39 is 52.6 Å². The van der Waals surface area contributed by atoms with Gasteiger partial charge >= 0.3 is 0 Å². The SMILES string of the molecule is CO[C@@H]1O[C@H](CO[N+](=O)[O-])[C@@H](O[N+](=O)[O-])[C@H](O)[C@H]1O[N+](=O)[O-]. The first-order valence-electron chi connectivity index (χ1n) is 5.52. The Labute approximate surface area is 120 Å². The van der Waals surface area contributed by atoms with Gasteiger partial charge in [0.05, 0.1) is 0 Å². The Bertz CT molecular complexity index is 429. The van der Waals surface area contributed by atoms with Gasteiger partial charge in [0.2, 0.25) is 0 Å². The molecule has 1 rings (SSSR count). The number of methoxy groups -OCH3 is 1. The lowest BCUT2D eigenvalue weighted by Crippen LogP contribution is -2.61. The number of aliphatic hydroxyl groups is 1. The predicted molar refractivity (Wildman–Crippen MR) is 58.4 cm³/mol. The van der Waals surface area contributed by atoms with Crippen LogP contribution in [0.2, 0.25) is 0 Å². The molecule has 0 bridgehead atoms. The second kappa shape index (κ2) is 7.48. The molecular weight excluding hydrogens is 318 g/mol. The molecule has 0 saturated carbocycles. The second-order valence-corrected chi connectivity index (χ2v) is 3.88. The number of rotatable bonds is 8. The van der Waals surface area contributed by atoms with Crippen molar-refractivity contribution in [1.29, 1.82) is 0 Å². The van der Waals surface area contributed by atoms with Crippen LogP contribution in [0.4, 0.5) is 0 Å². The molecule has 0 unspecified atom stereocenters. The lowest BCUT2D eigenvalue weighted by molar-refractivity contribution is -0.794. The molecule has 126 valence electrons. The number of hydrogen-bond acceptors (Lipinski definition) is 12. The third-order valence-corrected chi connectivity index (χ3v) is 2.61. The van der Waals surface area contributed by atoms with E-state index >= 15 is 0 Å². The fraction of sp³-hybridized carbons (Fsp3) is 1.00. The molecule has 1 fully saturated rings. The molecule has 15 heteroatoms. The van der Waals surface area contributed by atoms with E-state index in [1.807, 2.05) is 0 Å². The van der Waals surface area contributed by atoms with Crippen molar-refractivity contribution in [2.75, 3.05) is 13.7 Å². The quantitative estimate of drug-likeness (QED) is 0.383. The first kappa shape index (κ1) is 17.5. The van der Waals surface area contributed by atoms with Gasteiger partial charge in [0.25, 0.3) is 15.3 Å². The Morgan fingerprint density at radius 3 is 2.05 bits per heavy atom. The molecule has 22 heavy (non-hydrogen) atoms. The van der Waals surface area contributed by atoms with Crippen LogP contribution in [-0.4, -0.2) is 64.8 Å². The maximum atomic E-state index is 10.4. The van der Waals surface area contributed by atoms with Gasteiger partial charge in [0.1, 0.15) is 18.8 Å². The zero-order chi connectivity index (χ0) is 16.9. The summed E-state index contributed by atoms with van der Waals surface area (Å²) in [5, 5.41) is 37.1. The number of aliphatic hydroxyl groups excluding tert-OH is 1. The van der Waals surface area contributed by atoms with Gasteiger partial charge in [0, 0.05) is 7.11 Å². The minimum Gasteiger partial charge on any atom is -0.388 e. The van der Waals surface area contributed by atoms with Crippen molar-refractivity contribution in [2.45, 2.75) is 30.7 Å². The summed E-state index contributed by atoms with van der Waals surface area (Å²) in [6, 6.07) is 0. The zero-order valence-electron chi connectivity index (χ0n) is 10.9. The van der Waals surface area contributed by atoms with Gasteiger partial charge in [-0.2, -0.15) is 0 Å². The predicted octanol–water partition coefficient (Wildman–Crippen LogP) is -1.92. The van der Waals surface area contributed by atoms with E-state index in [-0.39, 0.29) is 0 Å². The summed E-state index contributed by atoms with van der Waals surface area (Å²) in [5.74, 6) is 0. The van der Waals surface area contributed by atoms with Crippen molar-refractivity contribution in [3.05, 3.63) is 30.3 Å². The Hall–Kier alpha value is -2.52. The zero-order valence-corrected chi connectivity index (χ0v) is 10.9. The molecule has 1 saturated heterocycles. The van der Waals surface area contributed by atoms with E-state index in [9.17, 15) is 35.4 Å². The van der Waals surface area contributed by atoms with Crippen molar-refractivity contribution in [3.8, 4) is 0 Å². The van der Waals surface area contributed by atoms with E-state index in [2.05, 4.69) is 14.5 Å². The van der Waals surface area contributed by atoms with Crippen LogP contribution < -0.4 is 0 Å². The van der Waals surface area contributed by atoms with Gasteiger partial charge < -0.3 is 29.1 Å². The molecule has 0 spiro atoms. The highest BCUT2D eigenvalue weighted by Gasteiger charge is 2.50. The Balaban J connectivity index is 2.94. The topological polar surface area (TPSA) is 196 Å². The molecule has 0 aromatic carbocycles. The minimum absolute atomic E-state index is 0.840. The summed E-state index contributed by atoms with van der Waals surface area (Å²) >= 11 is 0. The summed E-state index contributed by atoms with van der Waals surface area (Å²) in [6.45, 7) is -0.840. The molecular formula is C7H11N3O12. The van der Waals surface area contributed by atoms with Gasteiger partial charge in [-0.05, 0) is 0 Å². The van der Waals surface area contributed by atoms with E-state index in [0.29, 0.717) is 0 Å². The molecule has 1 aliphatic rings. The molecule has 1 heterocycles.